The Bertz CT molecular complexity index is 2130. The van der Waals surface area contributed by atoms with Gasteiger partial charge in [-0.25, -0.2) is 15.2 Å². The van der Waals surface area contributed by atoms with Crippen LogP contribution in [0.5, 0.6) is 0 Å². The number of hydrogen-bond donors (Lipinski definition) is 2. The van der Waals surface area contributed by atoms with E-state index in [0.29, 0.717) is 38.3 Å². The lowest BCUT2D eigenvalue weighted by Gasteiger charge is -2.52. The van der Waals surface area contributed by atoms with Gasteiger partial charge in [-0.2, -0.15) is 0 Å². The summed E-state index contributed by atoms with van der Waals surface area (Å²) in [7, 11) is 3.82. The first-order valence-electron chi connectivity index (χ1n) is 20.0. The molecule has 8 rings (SSSR count). The number of aryl methyl sites for hydroxylation is 1. The Labute approximate surface area is 332 Å². The maximum absolute atomic E-state index is 14.3. The first-order chi connectivity index (χ1) is 26.9. The summed E-state index contributed by atoms with van der Waals surface area (Å²) in [5.74, 6) is -0.227. The molecule has 7 heterocycles. The van der Waals surface area contributed by atoms with Crippen LogP contribution >= 0.6 is 11.3 Å². The molecule has 56 heavy (non-hydrogen) atoms. The lowest BCUT2D eigenvalue weighted by Crippen LogP contribution is -2.68. The second-order valence-corrected chi connectivity index (χ2v) is 17.7. The molecule has 3 fully saturated rings. The molecule has 5 atom stereocenters. The highest BCUT2D eigenvalue weighted by atomic mass is 32.1. The molecular formula is C42H54N8O5S. The topological polar surface area (TPSA) is 134 Å². The van der Waals surface area contributed by atoms with Gasteiger partial charge in [0.2, 0.25) is 0 Å². The number of carbonyl (C=O) groups is 3. The molecule has 0 spiro atoms. The van der Waals surface area contributed by atoms with Crippen LogP contribution in [0.4, 0.5) is 4.79 Å². The number of urea groups is 1. The molecule has 3 saturated heterocycles. The van der Waals surface area contributed by atoms with Gasteiger partial charge in [-0.1, -0.05) is 19.9 Å². The first kappa shape index (κ1) is 38.5. The fourth-order valence-electron chi connectivity index (χ4n) is 9.07. The van der Waals surface area contributed by atoms with Crippen LogP contribution in [0.15, 0.2) is 41.9 Å². The predicted octanol–water partition coefficient (Wildman–Crippen LogP) is 5.43. The number of piperidine rings is 1. The molecule has 0 unspecified atom stereocenters. The number of amides is 3. The Morgan fingerprint density at radius 3 is 2.80 bits per heavy atom. The summed E-state index contributed by atoms with van der Waals surface area (Å²) in [5, 5.41) is 8.49. The molecule has 6 bridgehead atoms. The minimum atomic E-state index is -0.870. The van der Waals surface area contributed by atoms with Crippen molar-refractivity contribution in [1.82, 2.24) is 40.1 Å². The summed E-state index contributed by atoms with van der Waals surface area (Å²) in [4.78, 5) is 55.9. The van der Waals surface area contributed by atoms with Crippen molar-refractivity contribution in [1.29, 1.82) is 0 Å². The van der Waals surface area contributed by atoms with Crippen molar-refractivity contribution in [2.75, 3.05) is 46.9 Å². The Morgan fingerprint density at radius 2 is 2.02 bits per heavy atom. The number of rotatable bonds is 5. The Balaban J connectivity index is 1.20. The smallest absolute Gasteiger partial charge is 0.324 e. The molecule has 0 radical (unpaired) electrons. The normalized spacial score (nSPS) is 24.9. The third kappa shape index (κ3) is 7.32. The van der Waals surface area contributed by atoms with E-state index in [1.54, 1.807) is 7.11 Å². The molecule has 4 aromatic rings. The molecule has 4 aliphatic rings. The molecule has 2 N–H and O–H groups in total. The van der Waals surface area contributed by atoms with Crippen molar-refractivity contribution < 1.29 is 23.9 Å². The fraction of sp³-hybridized carbons (Fsp3) is 0.548. The van der Waals surface area contributed by atoms with Gasteiger partial charge in [-0.15, -0.1) is 11.3 Å². The fourth-order valence-corrected chi connectivity index (χ4v) is 9.92. The molecule has 14 heteroatoms. The SMILES string of the molecule is CCn1c(-c2cccnc2[C@H](C)OC)c2c3cc(ccc31)-c1csc(n1)C[C@H](NC(=O)N1C[C@H]3CN(C)CC[C@H]31)C(=O)N1CCC[C@H](N1)C(=O)OCC(C)(C)C2. The van der Waals surface area contributed by atoms with Gasteiger partial charge in [-0.3, -0.25) is 19.6 Å². The quantitative estimate of drug-likeness (QED) is 0.254. The summed E-state index contributed by atoms with van der Waals surface area (Å²) in [6, 6.07) is 8.97. The number of hydrogen-bond acceptors (Lipinski definition) is 10. The van der Waals surface area contributed by atoms with Gasteiger partial charge in [0.15, 0.2) is 0 Å². The molecule has 3 aromatic heterocycles. The van der Waals surface area contributed by atoms with Crippen molar-refractivity contribution >= 4 is 40.1 Å². The lowest BCUT2D eigenvalue weighted by molar-refractivity contribution is -0.155. The van der Waals surface area contributed by atoms with Gasteiger partial charge >= 0.3 is 12.0 Å². The number of aromatic nitrogens is 3. The highest BCUT2D eigenvalue weighted by Gasteiger charge is 2.45. The van der Waals surface area contributed by atoms with Crippen LogP contribution in [-0.2, 0) is 38.4 Å². The number of likely N-dealkylation sites (tertiary alicyclic amines) is 2. The first-order valence-corrected chi connectivity index (χ1v) is 20.9. The monoisotopic (exact) mass is 782 g/mol. The van der Waals surface area contributed by atoms with E-state index in [-0.39, 0.29) is 37.1 Å². The summed E-state index contributed by atoms with van der Waals surface area (Å²) in [6.45, 7) is 12.3. The van der Waals surface area contributed by atoms with Crippen molar-refractivity contribution in [3.05, 3.63) is 58.2 Å². The Hall–Kier alpha value is -4.37. The zero-order valence-electron chi connectivity index (χ0n) is 33.3. The van der Waals surface area contributed by atoms with Gasteiger partial charge in [0.1, 0.15) is 12.1 Å². The number of carbonyl (C=O) groups excluding carboxylic acids is 3. The van der Waals surface area contributed by atoms with Crippen molar-refractivity contribution in [2.45, 2.75) is 90.6 Å². The van der Waals surface area contributed by atoms with Gasteiger partial charge < -0.3 is 29.2 Å². The van der Waals surface area contributed by atoms with E-state index in [1.807, 2.05) is 29.5 Å². The van der Waals surface area contributed by atoms with Crippen molar-refractivity contribution in [3.8, 4) is 22.5 Å². The number of nitrogens with zero attached hydrogens (tertiary/aromatic N) is 6. The maximum Gasteiger partial charge on any atom is 0.324 e. The van der Waals surface area contributed by atoms with Crippen molar-refractivity contribution in [2.24, 2.45) is 11.3 Å². The number of fused-ring (bicyclic) bond motifs is 7. The van der Waals surface area contributed by atoms with Gasteiger partial charge in [-0.05, 0) is 83.0 Å². The number of methoxy groups -OCH3 is 1. The standard InChI is InChI=1S/C42H54N8O5S/c1-7-48-35-13-12-26-18-29(35)30(38(48)28-10-8-15-43-37(28)25(2)54-6)20-42(3,4)24-55-40(52)31-11-9-16-50(46-31)39(51)32(19-36-44-33(26)23-56-36)45-41(53)49-22-27-21-47(5)17-14-34(27)49/h8,10,12-13,15,18,23,25,27,31-32,34,46H,7,9,11,14,16-17,19-22,24H2,1-6H3,(H,45,53)/t25-,27+,31-,32-,34+/m0/s1. The second-order valence-electron chi connectivity index (χ2n) is 16.7. The average molecular weight is 783 g/mol. The number of nitrogens with one attached hydrogen (secondary N) is 2. The van der Waals surface area contributed by atoms with Gasteiger partial charge in [0, 0.05) is 90.7 Å². The lowest BCUT2D eigenvalue weighted by atomic mass is 9.83. The van der Waals surface area contributed by atoms with E-state index in [4.69, 9.17) is 19.4 Å². The van der Waals surface area contributed by atoms with E-state index in [2.05, 4.69) is 72.3 Å². The molecular weight excluding hydrogens is 729 g/mol. The van der Waals surface area contributed by atoms with E-state index in [9.17, 15) is 14.4 Å². The van der Waals surface area contributed by atoms with Crippen LogP contribution in [0, 0.1) is 11.3 Å². The second kappa shape index (κ2) is 15.5. The van der Waals surface area contributed by atoms with Crippen LogP contribution in [0.2, 0.25) is 0 Å². The highest BCUT2D eigenvalue weighted by molar-refractivity contribution is 7.10. The van der Waals surface area contributed by atoms with Gasteiger partial charge in [0.25, 0.3) is 5.91 Å². The maximum atomic E-state index is 14.3. The molecule has 3 amide bonds. The molecule has 0 aliphatic carbocycles. The molecule has 1 aromatic carbocycles. The molecule has 13 nitrogen and oxygen atoms in total. The summed E-state index contributed by atoms with van der Waals surface area (Å²) in [6.07, 6.45) is 4.53. The number of thiazole rings is 1. The molecule has 298 valence electrons. The average Bonchev–Trinajstić information content (AvgIpc) is 3.78. The van der Waals surface area contributed by atoms with Gasteiger partial charge in [0.05, 0.1) is 34.8 Å². The molecule has 4 aliphatic heterocycles. The Morgan fingerprint density at radius 1 is 1.18 bits per heavy atom. The van der Waals surface area contributed by atoms with Crippen LogP contribution in [0.3, 0.4) is 0 Å². The van der Waals surface area contributed by atoms with Crippen molar-refractivity contribution in [3.63, 3.8) is 0 Å². The van der Waals surface area contributed by atoms with Crippen LogP contribution < -0.4 is 10.7 Å². The van der Waals surface area contributed by atoms with E-state index < -0.39 is 23.5 Å². The predicted molar refractivity (Wildman–Crippen MR) is 216 cm³/mol. The van der Waals surface area contributed by atoms with E-state index >= 15 is 0 Å². The third-order valence-electron chi connectivity index (χ3n) is 12.1. The highest BCUT2D eigenvalue weighted by Crippen LogP contribution is 2.42. The number of ether oxygens (including phenoxy) is 2. The number of cyclic esters (lactones) is 1. The number of pyridine rings is 1. The van der Waals surface area contributed by atoms with Crippen LogP contribution in [0.1, 0.15) is 69.3 Å². The number of benzene rings is 1. The molecule has 0 saturated carbocycles. The van der Waals surface area contributed by atoms with E-state index in [0.717, 1.165) is 75.7 Å². The minimum absolute atomic E-state index is 0.180. The largest absolute Gasteiger partial charge is 0.464 e. The number of hydrazine groups is 1. The summed E-state index contributed by atoms with van der Waals surface area (Å²) < 4.78 is 14.2. The summed E-state index contributed by atoms with van der Waals surface area (Å²) in [5.41, 5.74) is 9.70. The third-order valence-corrected chi connectivity index (χ3v) is 13.0. The Kier molecular flexibility index (Phi) is 10.7. The van der Waals surface area contributed by atoms with E-state index in [1.165, 1.54) is 16.3 Å². The minimum Gasteiger partial charge on any atom is -0.464 e. The van der Waals surface area contributed by atoms with Crippen LogP contribution in [-0.4, -0.2) is 112 Å². The zero-order chi connectivity index (χ0) is 39.3. The zero-order valence-corrected chi connectivity index (χ0v) is 34.2. The summed E-state index contributed by atoms with van der Waals surface area (Å²) >= 11 is 1.49. The number of esters is 1. The van der Waals surface area contributed by atoms with Crippen LogP contribution in [0.25, 0.3) is 33.4 Å².